The highest BCUT2D eigenvalue weighted by Gasteiger charge is 2.20. The number of hydrogen-bond donors (Lipinski definition) is 1. The van der Waals surface area contributed by atoms with Crippen molar-refractivity contribution < 1.29 is 19.1 Å². The predicted molar refractivity (Wildman–Crippen MR) is 98.3 cm³/mol. The number of esters is 1. The van der Waals surface area contributed by atoms with Crippen molar-refractivity contribution >= 4 is 17.7 Å². The monoisotopic (exact) mass is 359 g/mol. The number of ether oxygens (including phenoxy) is 2. The molecule has 1 aromatic carbocycles. The largest absolute Gasteiger partial charge is 0.494 e. The first-order valence-corrected chi connectivity index (χ1v) is 8.70. The summed E-state index contributed by atoms with van der Waals surface area (Å²) in [6, 6.07) is 8.45. The highest BCUT2D eigenvalue weighted by atomic mass is 16.5. The van der Waals surface area contributed by atoms with Gasteiger partial charge in [0.25, 0.3) is 5.91 Å². The number of carbonyl (C=O) groups excluding carboxylic acids is 2. The van der Waals surface area contributed by atoms with Gasteiger partial charge in [-0.25, -0.2) is 9.48 Å². The fourth-order valence-corrected chi connectivity index (χ4v) is 2.24. The van der Waals surface area contributed by atoms with Gasteiger partial charge in [-0.05, 0) is 51.5 Å². The van der Waals surface area contributed by atoms with Crippen LogP contribution in [0.25, 0.3) is 0 Å². The summed E-state index contributed by atoms with van der Waals surface area (Å²) in [5.74, 6) is 0.275. The minimum atomic E-state index is -0.936. The van der Waals surface area contributed by atoms with Crippen LogP contribution in [0.2, 0.25) is 0 Å². The first kappa shape index (κ1) is 19.5. The van der Waals surface area contributed by atoms with E-state index < -0.39 is 18.0 Å². The van der Waals surface area contributed by atoms with Crippen LogP contribution in [-0.4, -0.2) is 34.4 Å². The molecule has 0 spiro atoms. The van der Waals surface area contributed by atoms with Gasteiger partial charge in [0.05, 0.1) is 18.4 Å². The number of hydrogen-bond acceptors (Lipinski definition) is 5. The number of aromatic nitrogens is 2. The molecule has 140 valence electrons. The van der Waals surface area contributed by atoms with Crippen LogP contribution in [0.3, 0.4) is 0 Å². The standard InChI is InChI=1S/C19H25N3O4/c1-5-12-25-16-8-6-15(7-9-16)19(24)26-14(4)18(23)21-17-10-11-20-22(17)13(2)3/h6-11,13-14H,5,12H2,1-4H3,(H,21,23)/t14-/m1/s1. The minimum Gasteiger partial charge on any atom is -0.494 e. The second-order valence-electron chi connectivity index (χ2n) is 6.16. The van der Waals surface area contributed by atoms with E-state index >= 15 is 0 Å². The fraction of sp³-hybridized carbons (Fsp3) is 0.421. The molecule has 26 heavy (non-hydrogen) atoms. The summed E-state index contributed by atoms with van der Waals surface area (Å²) in [6.45, 7) is 8.09. The Morgan fingerprint density at radius 3 is 2.46 bits per heavy atom. The van der Waals surface area contributed by atoms with Gasteiger partial charge in [-0.2, -0.15) is 5.10 Å². The van der Waals surface area contributed by atoms with Crippen molar-refractivity contribution in [1.82, 2.24) is 9.78 Å². The molecule has 0 unspecified atom stereocenters. The first-order valence-electron chi connectivity index (χ1n) is 8.70. The number of anilines is 1. The van der Waals surface area contributed by atoms with Crippen molar-refractivity contribution in [3.05, 3.63) is 42.1 Å². The van der Waals surface area contributed by atoms with E-state index in [0.29, 0.717) is 23.7 Å². The molecule has 0 bridgehead atoms. The van der Waals surface area contributed by atoms with E-state index in [4.69, 9.17) is 9.47 Å². The van der Waals surface area contributed by atoms with Crippen molar-refractivity contribution in [1.29, 1.82) is 0 Å². The maximum atomic E-state index is 12.3. The lowest BCUT2D eigenvalue weighted by Crippen LogP contribution is -2.31. The van der Waals surface area contributed by atoms with Gasteiger partial charge < -0.3 is 14.8 Å². The van der Waals surface area contributed by atoms with Crippen molar-refractivity contribution in [3.63, 3.8) is 0 Å². The minimum absolute atomic E-state index is 0.103. The summed E-state index contributed by atoms with van der Waals surface area (Å²) >= 11 is 0. The quantitative estimate of drug-likeness (QED) is 0.730. The Labute approximate surface area is 153 Å². The second-order valence-corrected chi connectivity index (χ2v) is 6.16. The van der Waals surface area contributed by atoms with Crippen LogP contribution >= 0.6 is 0 Å². The lowest BCUT2D eigenvalue weighted by molar-refractivity contribution is -0.123. The van der Waals surface area contributed by atoms with Crippen LogP contribution in [0.5, 0.6) is 5.75 Å². The van der Waals surface area contributed by atoms with Gasteiger partial charge in [0, 0.05) is 12.1 Å². The third-order valence-electron chi connectivity index (χ3n) is 3.63. The molecule has 1 amide bonds. The highest BCUT2D eigenvalue weighted by molar-refractivity contribution is 5.96. The second kappa shape index (κ2) is 9.03. The zero-order chi connectivity index (χ0) is 19.1. The molecule has 7 nitrogen and oxygen atoms in total. The molecule has 1 aromatic heterocycles. The Kier molecular flexibility index (Phi) is 6.77. The van der Waals surface area contributed by atoms with Crippen LogP contribution < -0.4 is 10.1 Å². The molecule has 1 N–H and O–H groups in total. The SMILES string of the molecule is CCCOc1ccc(C(=O)O[C@H](C)C(=O)Nc2ccnn2C(C)C)cc1. The summed E-state index contributed by atoms with van der Waals surface area (Å²) in [6.07, 6.45) is 1.58. The van der Waals surface area contributed by atoms with Crippen LogP contribution in [0.15, 0.2) is 36.5 Å². The van der Waals surface area contributed by atoms with Gasteiger partial charge in [-0.3, -0.25) is 4.79 Å². The highest BCUT2D eigenvalue weighted by Crippen LogP contribution is 2.16. The fourth-order valence-electron chi connectivity index (χ4n) is 2.24. The molecular formula is C19H25N3O4. The van der Waals surface area contributed by atoms with E-state index in [1.807, 2.05) is 20.8 Å². The molecule has 0 aliphatic carbocycles. The molecule has 0 aliphatic heterocycles. The number of carbonyl (C=O) groups is 2. The Hall–Kier alpha value is -2.83. The number of nitrogens with one attached hydrogen (secondary N) is 1. The van der Waals surface area contributed by atoms with E-state index in [9.17, 15) is 9.59 Å². The molecule has 0 fully saturated rings. The molecule has 0 aliphatic rings. The molecule has 1 atom stereocenters. The average Bonchev–Trinajstić information content (AvgIpc) is 3.08. The summed E-state index contributed by atoms with van der Waals surface area (Å²) in [7, 11) is 0. The van der Waals surface area contributed by atoms with Gasteiger partial charge in [0.2, 0.25) is 0 Å². The summed E-state index contributed by atoms with van der Waals surface area (Å²) in [4.78, 5) is 24.5. The maximum Gasteiger partial charge on any atom is 0.338 e. The summed E-state index contributed by atoms with van der Waals surface area (Å²) < 4.78 is 12.4. The Morgan fingerprint density at radius 2 is 1.85 bits per heavy atom. The molecule has 2 aromatic rings. The van der Waals surface area contributed by atoms with Crippen LogP contribution in [-0.2, 0) is 9.53 Å². The summed E-state index contributed by atoms with van der Waals surface area (Å²) in [5, 5.41) is 6.87. The Morgan fingerprint density at radius 1 is 1.15 bits per heavy atom. The van der Waals surface area contributed by atoms with Gasteiger partial charge in [-0.1, -0.05) is 6.92 Å². The van der Waals surface area contributed by atoms with Gasteiger partial charge in [0.15, 0.2) is 6.10 Å². The third kappa shape index (κ3) is 5.08. The lowest BCUT2D eigenvalue weighted by Gasteiger charge is -2.16. The average molecular weight is 359 g/mol. The molecule has 0 radical (unpaired) electrons. The topological polar surface area (TPSA) is 82.4 Å². The lowest BCUT2D eigenvalue weighted by atomic mass is 10.2. The van der Waals surface area contributed by atoms with Crippen molar-refractivity contribution in [2.24, 2.45) is 0 Å². The van der Waals surface area contributed by atoms with Crippen LogP contribution in [0.1, 0.15) is 50.5 Å². The van der Waals surface area contributed by atoms with E-state index in [0.717, 1.165) is 6.42 Å². The number of nitrogens with zero attached hydrogens (tertiary/aromatic N) is 2. The predicted octanol–water partition coefficient (Wildman–Crippen LogP) is 3.44. The number of amides is 1. The van der Waals surface area contributed by atoms with Crippen LogP contribution in [0, 0.1) is 0 Å². The van der Waals surface area contributed by atoms with E-state index in [1.54, 1.807) is 41.2 Å². The van der Waals surface area contributed by atoms with Gasteiger partial charge in [0.1, 0.15) is 11.6 Å². The molecule has 7 heteroatoms. The van der Waals surface area contributed by atoms with E-state index in [-0.39, 0.29) is 6.04 Å². The number of benzene rings is 1. The molecule has 0 saturated heterocycles. The van der Waals surface area contributed by atoms with Gasteiger partial charge in [-0.15, -0.1) is 0 Å². The van der Waals surface area contributed by atoms with Crippen molar-refractivity contribution in [2.45, 2.75) is 46.3 Å². The first-order chi connectivity index (χ1) is 12.4. The molecule has 0 saturated carbocycles. The normalized spacial score (nSPS) is 11.9. The van der Waals surface area contributed by atoms with Gasteiger partial charge >= 0.3 is 5.97 Å². The molecule has 1 heterocycles. The van der Waals surface area contributed by atoms with Crippen molar-refractivity contribution in [3.8, 4) is 5.75 Å². The molecular weight excluding hydrogens is 334 g/mol. The Balaban J connectivity index is 1.93. The zero-order valence-corrected chi connectivity index (χ0v) is 15.6. The van der Waals surface area contributed by atoms with Crippen molar-refractivity contribution in [2.75, 3.05) is 11.9 Å². The maximum absolute atomic E-state index is 12.3. The zero-order valence-electron chi connectivity index (χ0n) is 15.6. The van der Waals surface area contributed by atoms with E-state index in [2.05, 4.69) is 10.4 Å². The number of rotatable bonds is 8. The third-order valence-corrected chi connectivity index (χ3v) is 3.63. The molecule has 2 rings (SSSR count). The Bertz CT molecular complexity index is 737. The van der Waals surface area contributed by atoms with E-state index in [1.165, 1.54) is 6.92 Å². The van der Waals surface area contributed by atoms with Crippen LogP contribution in [0.4, 0.5) is 5.82 Å². The summed E-state index contributed by atoms with van der Waals surface area (Å²) in [5.41, 5.74) is 0.362. The smallest absolute Gasteiger partial charge is 0.338 e.